The zero-order valence-corrected chi connectivity index (χ0v) is 18.8. The van der Waals surface area contributed by atoms with Crippen molar-refractivity contribution in [1.82, 2.24) is 9.97 Å². The molecule has 162 valence electrons. The van der Waals surface area contributed by atoms with Crippen molar-refractivity contribution in [3.63, 3.8) is 0 Å². The average molecular weight is 465 g/mol. The van der Waals surface area contributed by atoms with E-state index in [2.05, 4.69) is 15.3 Å². The van der Waals surface area contributed by atoms with Crippen LogP contribution in [0.3, 0.4) is 0 Å². The van der Waals surface area contributed by atoms with Gasteiger partial charge in [0.1, 0.15) is 0 Å². The van der Waals surface area contributed by atoms with Crippen LogP contribution in [-0.2, 0) is 10.0 Å². The molecule has 0 fully saturated rings. The van der Waals surface area contributed by atoms with E-state index in [0.29, 0.717) is 16.5 Å². The largest absolute Gasteiger partial charge is 0.298 e. The number of carbonyl (C=O) groups is 1. The van der Waals surface area contributed by atoms with Gasteiger partial charge in [0, 0.05) is 35.4 Å². The number of hydrogen-bond donors (Lipinski definition) is 1. The molecule has 0 saturated heterocycles. The summed E-state index contributed by atoms with van der Waals surface area (Å²) in [6, 6.07) is 18.6. The van der Waals surface area contributed by atoms with Crippen molar-refractivity contribution in [2.45, 2.75) is 11.8 Å². The minimum Gasteiger partial charge on any atom is -0.298 e. The molecule has 2 aromatic heterocycles. The summed E-state index contributed by atoms with van der Waals surface area (Å²) in [5.74, 6) is -0.433. The van der Waals surface area contributed by atoms with Crippen LogP contribution in [0.2, 0.25) is 0 Å². The van der Waals surface area contributed by atoms with Gasteiger partial charge in [-0.25, -0.2) is 13.4 Å². The molecule has 0 aliphatic heterocycles. The number of hydrogen-bond acceptors (Lipinski definition) is 6. The molecule has 1 amide bonds. The van der Waals surface area contributed by atoms with Crippen LogP contribution >= 0.6 is 11.3 Å². The third-order valence-corrected chi connectivity index (χ3v) is 7.35. The van der Waals surface area contributed by atoms with Gasteiger partial charge in [-0.05, 0) is 49.4 Å². The molecule has 0 atom stereocenters. The SMILES string of the molecule is CCN(c1ccccc1)S(=O)(=O)c1cccc(C(=O)Nc2nc(-c3cccnc3)cs2)c1. The maximum atomic E-state index is 13.2. The topological polar surface area (TPSA) is 92.3 Å². The number of amides is 1. The Morgan fingerprint density at radius 2 is 1.88 bits per heavy atom. The molecule has 0 aliphatic rings. The number of para-hydroxylation sites is 1. The van der Waals surface area contributed by atoms with E-state index in [1.54, 1.807) is 55.7 Å². The minimum absolute atomic E-state index is 0.0473. The van der Waals surface area contributed by atoms with Gasteiger partial charge in [0.2, 0.25) is 0 Å². The second-order valence-corrected chi connectivity index (χ2v) is 9.49. The fourth-order valence-corrected chi connectivity index (χ4v) is 5.39. The molecule has 4 rings (SSSR count). The number of thiazole rings is 1. The van der Waals surface area contributed by atoms with Gasteiger partial charge in [-0.15, -0.1) is 11.3 Å². The van der Waals surface area contributed by atoms with Gasteiger partial charge in [-0.2, -0.15) is 0 Å². The quantitative estimate of drug-likeness (QED) is 0.429. The maximum Gasteiger partial charge on any atom is 0.264 e. The standard InChI is InChI=1S/C23H20N4O3S2/c1-2-27(19-10-4-3-5-11-19)32(29,30)20-12-6-8-17(14-20)22(28)26-23-25-21(16-31-23)18-9-7-13-24-15-18/h3-16H,2H2,1H3,(H,25,26,28). The van der Waals surface area contributed by atoms with Crippen molar-refractivity contribution in [2.24, 2.45) is 0 Å². The van der Waals surface area contributed by atoms with Gasteiger partial charge in [-0.1, -0.05) is 24.3 Å². The Hall–Kier alpha value is -3.56. The molecule has 2 aromatic carbocycles. The molecule has 2 heterocycles. The average Bonchev–Trinajstić information content (AvgIpc) is 3.29. The molecule has 32 heavy (non-hydrogen) atoms. The van der Waals surface area contributed by atoms with E-state index in [9.17, 15) is 13.2 Å². The monoisotopic (exact) mass is 464 g/mol. The molecule has 4 aromatic rings. The molecular weight excluding hydrogens is 444 g/mol. The molecule has 1 N–H and O–H groups in total. The fourth-order valence-electron chi connectivity index (χ4n) is 3.16. The minimum atomic E-state index is -3.83. The number of nitrogens with one attached hydrogen (secondary N) is 1. The third-order valence-electron chi connectivity index (χ3n) is 4.70. The lowest BCUT2D eigenvalue weighted by Gasteiger charge is -2.23. The lowest BCUT2D eigenvalue weighted by Crippen LogP contribution is -2.30. The third kappa shape index (κ3) is 4.53. The van der Waals surface area contributed by atoms with Crippen molar-refractivity contribution < 1.29 is 13.2 Å². The first-order chi connectivity index (χ1) is 15.5. The summed E-state index contributed by atoms with van der Waals surface area (Å²) in [6.07, 6.45) is 3.37. The van der Waals surface area contributed by atoms with Gasteiger partial charge in [0.25, 0.3) is 15.9 Å². The number of benzene rings is 2. The van der Waals surface area contributed by atoms with Crippen molar-refractivity contribution >= 4 is 38.1 Å². The number of pyridine rings is 1. The molecule has 0 bridgehead atoms. The number of rotatable bonds is 7. The van der Waals surface area contributed by atoms with Crippen LogP contribution in [0.5, 0.6) is 0 Å². The summed E-state index contributed by atoms with van der Waals surface area (Å²) < 4.78 is 27.8. The van der Waals surface area contributed by atoms with Gasteiger partial charge in [0.05, 0.1) is 16.3 Å². The van der Waals surface area contributed by atoms with E-state index in [4.69, 9.17) is 0 Å². The lowest BCUT2D eigenvalue weighted by molar-refractivity contribution is 0.102. The number of aromatic nitrogens is 2. The normalized spacial score (nSPS) is 11.2. The molecule has 9 heteroatoms. The first kappa shape index (κ1) is 21.7. The number of nitrogens with zero attached hydrogens (tertiary/aromatic N) is 3. The van der Waals surface area contributed by atoms with Gasteiger partial charge < -0.3 is 0 Å². The number of carbonyl (C=O) groups excluding carboxylic acids is 1. The summed E-state index contributed by atoms with van der Waals surface area (Å²) in [7, 11) is -3.83. The van der Waals surface area contributed by atoms with Crippen molar-refractivity contribution in [3.8, 4) is 11.3 Å². The van der Waals surface area contributed by atoms with E-state index in [0.717, 1.165) is 5.56 Å². The predicted octanol–water partition coefficient (Wildman–Crippen LogP) is 4.67. The highest BCUT2D eigenvalue weighted by atomic mass is 32.2. The van der Waals surface area contributed by atoms with Crippen molar-refractivity contribution in [1.29, 1.82) is 0 Å². The van der Waals surface area contributed by atoms with Gasteiger partial charge in [-0.3, -0.25) is 19.4 Å². The molecular formula is C23H20N4O3S2. The predicted molar refractivity (Wildman–Crippen MR) is 126 cm³/mol. The smallest absolute Gasteiger partial charge is 0.264 e. The van der Waals surface area contributed by atoms with Crippen LogP contribution in [0.4, 0.5) is 10.8 Å². The number of sulfonamides is 1. The van der Waals surface area contributed by atoms with Crippen molar-refractivity contribution in [2.75, 3.05) is 16.2 Å². The maximum absolute atomic E-state index is 13.2. The Kier molecular flexibility index (Phi) is 6.29. The molecule has 0 spiro atoms. The lowest BCUT2D eigenvalue weighted by atomic mass is 10.2. The molecule has 0 aliphatic carbocycles. The molecule has 0 radical (unpaired) electrons. The highest BCUT2D eigenvalue weighted by Gasteiger charge is 2.24. The summed E-state index contributed by atoms with van der Waals surface area (Å²) in [5.41, 5.74) is 2.35. The molecule has 0 saturated carbocycles. The Morgan fingerprint density at radius 1 is 1.06 bits per heavy atom. The van der Waals surface area contributed by atoms with Crippen LogP contribution in [0.1, 0.15) is 17.3 Å². The van der Waals surface area contributed by atoms with Crippen LogP contribution in [0, 0.1) is 0 Å². The first-order valence-electron chi connectivity index (χ1n) is 9.84. The highest BCUT2D eigenvalue weighted by molar-refractivity contribution is 7.92. The fraction of sp³-hybridized carbons (Fsp3) is 0.0870. The van der Waals surface area contributed by atoms with Crippen LogP contribution in [-0.4, -0.2) is 30.8 Å². The summed E-state index contributed by atoms with van der Waals surface area (Å²) in [4.78, 5) is 21.3. The molecule has 7 nitrogen and oxygen atoms in total. The Labute approximate surface area is 190 Å². The second-order valence-electron chi connectivity index (χ2n) is 6.77. The second kappa shape index (κ2) is 9.29. The van der Waals surface area contributed by atoms with Crippen LogP contribution in [0.25, 0.3) is 11.3 Å². The van der Waals surface area contributed by atoms with E-state index in [-0.39, 0.29) is 17.0 Å². The highest BCUT2D eigenvalue weighted by Crippen LogP contribution is 2.26. The van der Waals surface area contributed by atoms with Crippen LogP contribution < -0.4 is 9.62 Å². The Bertz CT molecular complexity index is 1320. The van der Waals surface area contributed by atoms with E-state index in [1.165, 1.54) is 27.8 Å². The van der Waals surface area contributed by atoms with Gasteiger partial charge in [0.15, 0.2) is 5.13 Å². The Balaban J connectivity index is 1.56. The number of anilines is 2. The van der Waals surface area contributed by atoms with E-state index >= 15 is 0 Å². The van der Waals surface area contributed by atoms with Crippen molar-refractivity contribution in [3.05, 3.63) is 90.1 Å². The Morgan fingerprint density at radius 3 is 2.59 bits per heavy atom. The van der Waals surface area contributed by atoms with E-state index < -0.39 is 15.9 Å². The summed E-state index contributed by atoms with van der Waals surface area (Å²) >= 11 is 1.29. The summed E-state index contributed by atoms with van der Waals surface area (Å²) in [6.45, 7) is 2.03. The van der Waals surface area contributed by atoms with Crippen LogP contribution in [0.15, 0.2) is 89.4 Å². The zero-order valence-electron chi connectivity index (χ0n) is 17.2. The van der Waals surface area contributed by atoms with Gasteiger partial charge >= 0.3 is 0 Å². The zero-order chi connectivity index (χ0) is 22.6. The molecule has 0 unspecified atom stereocenters. The van der Waals surface area contributed by atoms with E-state index in [1.807, 2.05) is 23.6 Å². The summed E-state index contributed by atoms with van der Waals surface area (Å²) in [5, 5.41) is 4.99. The first-order valence-corrected chi connectivity index (χ1v) is 12.2.